The van der Waals surface area contributed by atoms with Crippen molar-refractivity contribution in [2.75, 3.05) is 5.32 Å². The van der Waals surface area contributed by atoms with Gasteiger partial charge in [0.05, 0.1) is 24.1 Å². The molecule has 3 amide bonds. The number of carbonyl (C=O) groups excluding carboxylic acids is 2. The van der Waals surface area contributed by atoms with Gasteiger partial charge in [-0.25, -0.2) is 14.2 Å². The number of fused-ring (bicyclic) bond motifs is 1. The first-order chi connectivity index (χ1) is 14.5. The minimum atomic E-state index is -4.60. The summed E-state index contributed by atoms with van der Waals surface area (Å²) in [6.07, 6.45) is -3.26. The summed E-state index contributed by atoms with van der Waals surface area (Å²) in [5.74, 6) is -1.72. The maximum atomic E-state index is 13.5. The fourth-order valence-electron chi connectivity index (χ4n) is 3.12. The number of nitrogens with one attached hydrogen (secondary N) is 2. The number of nitrogens with zero attached hydrogens (tertiary/aromatic N) is 4. The Labute approximate surface area is 174 Å². The summed E-state index contributed by atoms with van der Waals surface area (Å²) >= 11 is 0. The quantitative estimate of drug-likeness (QED) is 0.719. The van der Waals surface area contributed by atoms with Crippen LogP contribution in [-0.4, -0.2) is 44.6 Å². The zero-order valence-corrected chi connectivity index (χ0v) is 16.5. The first-order valence-corrected chi connectivity index (χ1v) is 9.20. The molecule has 1 aromatic carbocycles. The molecule has 2 heterocycles. The van der Waals surface area contributed by atoms with Crippen LogP contribution in [0.2, 0.25) is 0 Å². The predicted octanol–water partition coefficient (Wildman–Crippen LogP) is 3.01. The molecule has 164 valence electrons. The lowest BCUT2D eigenvalue weighted by Crippen LogP contribution is -2.47. The predicted molar refractivity (Wildman–Crippen MR) is 100 cm³/mol. The molecule has 31 heavy (non-hydrogen) atoms. The maximum absolute atomic E-state index is 13.5. The van der Waals surface area contributed by atoms with Crippen molar-refractivity contribution in [3.05, 3.63) is 47.3 Å². The highest BCUT2D eigenvalue weighted by molar-refractivity contribution is 5.94. The fourth-order valence-corrected chi connectivity index (χ4v) is 3.12. The van der Waals surface area contributed by atoms with Crippen LogP contribution < -0.4 is 10.6 Å². The molecule has 0 saturated heterocycles. The highest BCUT2D eigenvalue weighted by Gasteiger charge is 2.38. The van der Waals surface area contributed by atoms with Crippen LogP contribution in [0.1, 0.15) is 35.6 Å². The van der Waals surface area contributed by atoms with Crippen LogP contribution >= 0.6 is 0 Å². The topological polar surface area (TPSA) is 103 Å². The first-order valence-electron chi connectivity index (χ1n) is 9.20. The van der Waals surface area contributed by atoms with Crippen LogP contribution in [0.15, 0.2) is 24.5 Å². The highest BCUT2D eigenvalue weighted by atomic mass is 19.4. The number of amides is 3. The number of urea groups is 1. The van der Waals surface area contributed by atoms with Gasteiger partial charge in [-0.2, -0.15) is 18.4 Å². The third kappa shape index (κ3) is 4.60. The minimum absolute atomic E-state index is 0.0809. The molecular weight excluding hydrogens is 420 g/mol. The largest absolute Gasteiger partial charge is 0.408 e. The molecule has 2 aromatic rings. The molecule has 0 unspecified atom stereocenters. The lowest BCUT2D eigenvalue weighted by atomic mass is 10.1. The van der Waals surface area contributed by atoms with E-state index in [9.17, 15) is 27.2 Å². The average Bonchev–Trinajstić information content (AvgIpc) is 3.10. The van der Waals surface area contributed by atoms with E-state index in [1.807, 2.05) is 5.32 Å². The van der Waals surface area contributed by atoms with Crippen LogP contribution in [0.25, 0.3) is 0 Å². The van der Waals surface area contributed by atoms with Crippen LogP contribution in [0.5, 0.6) is 0 Å². The van der Waals surface area contributed by atoms with E-state index in [0.717, 1.165) is 13.0 Å². The van der Waals surface area contributed by atoms with E-state index in [1.165, 1.54) is 23.4 Å². The third-order valence-electron chi connectivity index (χ3n) is 4.91. The molecule has 8 nitrogen and oxygen atoms in total. The van der Waals surface area contributed by atoms with Gasteiger partial charge in [0.2, 0.25) is 0 Å². The van der Waals surface area contributed by atoms with Gasteiger partial charge in [-0.05, 0) is 32.0 Å². The maximum Gasteiger partial charge on any atom is 0.408 e. The Morgan fingerprint density at radius 1 is 1.35 bits per heavy atom. The Morgan fingerprint density at radius 2 is 2.06 bits per heavy atom. The van der Waals surface area contributed by atoms with Crippen LogP contribution in [-0.2, 0) is 13.1 Å². The molecule has 1 aliphatic rings. The van der Waals surface area contributed by atoms with Gasteiger partial charge in [0, 0.05) is 18.3 Å². The Morgan fingerprint density at radius 3 is 2.71 bits per heavy atom. The number of rotatable bonds is 3. The van der Waals surface area contributed by atoms with E-state index in [0.29, 0.717) is 0 Å². The van der Waals surface area contributed by atoms with Crippen molar-refractivity contribution in [1.29, 1.82) is 5.26 Å². The standard InChI is InChI=1S/C19H18F4N6O2/c1-10-7-28-9-25-16(17(30)26-11(2)19(21,22)23)15(28)8-29(10)18(31)27-13-3-4-14(20)12(5-13)6-24/h3-5,9-11H,7-8H2,1-2H3,(H,26,30)(H,27,31)/t10-,11-/m0/s1. The SMILES string of the molecule is C[C@H](NC(=O)c1ncn2c1CN(C(=O)Nc1ccc(F)c(C#N)c1)[C@@H](C)C2)C(F)(F)F. The molecule has 1 aliphatic heterocycles. The summed E-state index contributed by atoms with van der Waals surface area (Å²) < 4.78 is 53.3. The first kappa shape index (κ1) is 22.1. The van der Waals surface area contributed by atoms with Crippen LogP contribution in [0.4, 0.5) is 28.0 Å². The van der Waals surface area contributed by atoms with Gasteiger partial charge in [0.1, 0.15) is 17.9 Å². The lowest BCUT2D eigenvalue weighted by Gasteiger charge is -2.34. The average molecular weight is 438 g/mol. The highest BCUT2D eigenvalue weighted by Crippen LogP contribution is 2.24. The lowest BCUT2D eigenvalue weighted by molar-refractivity contribution is -0.149. The normalized spacial score (nSPS) is 16.8. The molecule has 0 spiro atoms. The molecule has 2 atom stereocenters. The van der Waals surface area contributed by atoms with Crippen molar-refractivity contribution in [2.24, 2.45) is 0 Å². The van der Waals surface area contributed by atoms with E-state index in [2.05, 4.69) is 10.3 Å². The zero-order valence-electron chi connectivity index (χ0n) is 16.5. The smallest absolute Gasteiger partial charge is 0.339 e. The third-order valence-corrected chi connectivity index (χ3v) is 4.91. The van der Waals surface area contributed by atoms with E-state index >= 15 is 0 Å². The summed E-state index contributed by atoms with van der Waals surface area (Å²) in [6, 6.07) is 2.23. The number of nitriles is 1. The number of anilines is 1. The molecule has 3 rings (SSSR count). The van der Waals surface area contributed by atoms with Gasteiger partial charge in [0.25, 0.3) is 5.91 Å². The Balaban J connectivity index is 1.78. The molecule has 0 aliphatic carbocycles. The summed E-state index contributed by atoms with van der Waals surface area (Å²) in [5, 5.41) is 13.3. The fraction of sp³-hybridized carbons (Fsp3) is 0.368. The van der Waals surface area contributed by atoms with Crippen molar-refractivity contribution in [2.45, 2.75) is 45.2 Å². The molecule has 0 fully saturated rings. The number of hydrogen-bond donors (Lipinski definition) is 2. The van der Waals surface area contributed by atoms with Crippen molar-refractivity contribution in [3.63, 3.8) is 0 Å². The molecule has 0 saturated carbocycles. The van der Waals surface area contributed by atoms with Crippen molar-refractivity contribution in [1.82, 2.24) is 19.8 Å². The molecule has 0 bridgehead atoms. The second-order valence-electron chi connectivity index (χ2n) is 7.14. The van der Waals surface area contributed by atoms with Gasteiger partial charge in [-0.1, -0.05) is 0 Å². The number of aromatic nitrogens is 2. The number of carbonyl (C=O) groups is 2. The second-order valence-corrected chi connectivity index (χ2v) is 7.14. The van der Waals surface area contributed by atoms with Gasteiger partial charge in [-0.3, -0.25) is 4.79 Å². The zero-order chi connectivity index (χ0) is 22.9. The van der Waals surface area contributed by atoms with E-state index in [4.69, 9.17) is 5.26 Å². The Bertz CT molecular complexity index is 1060. The molecule has 2 N–H and O–H groups in total. The van der Waals surface area contributed by atoms with Crippen molar-refractivity contribution >= 4 is 17.6 Å². The number of alkyl halides is 3. The number of halogens is 4. The van der Waals surface area contributed by atoms with Crippen molar-refractivity contribution < 1.29 is 27.2 Å². The molecular formula is C19H18F4N6O2. The Hall–Kier alpha value is -3.62. The second kappa shape index (κ2) is 8.25. The van der Waals surface area contributed by atoms with Gasteiger partial charge >= 0.3 is 12.2 Å². The summed E-state index contributed by atoms with van der Waals surface area (Å²) in [5.41, 5.74) is 0.0535. The van der Waals surface area contributed by atoms with Gasteiger partial charge in [0.15, 0.2) is 5.69 Å². The van der Waals surface area contributed by atoms with Gasteiger partial charge in [-0.15, -0.1) is 0 Å². The molecule has 12 heteroatoms. The van der Waals surface area contributed by atoms with Crippen molar-refractivity contribution in [3.8, 4) is 6.07 Å². The van der Waals surface area contributed by atoms with E-state index < -0.39 is 30.0 Å². The van der Waals surface area contributed by atoms with Crippen LogP contribution in [0, 0.1) is 17.1 Å². The summed E-state index contributed by atoms with van der Waals surface area (Å²) in [4.78, 5) is 30.4. The Kier molecular flexibility index (Phi) is 5.88. The number of imidazole rings is 1. The van der Waals surface area contributed by atoms with E-state index in [1.54, 1.807) is 17.6 Å². The number of hydrogen-bond acceptors (Lipinski definition) is 4. The number of benzene rings is 1. The molecule has 0 radical (unpaired) electrons. The van der Waals surface area contributed by atoms with Crippen LogP contribution in [0.3, 0.4) is 0 Å². The van der Waals surface area contributed by atoms with Gasteiger partial charge < -0.3 is 20.1 Å². The minimum Gasteiger partial charge on any atom is -0.339 e. The summed E-state index contributed by atoms with van der Waals surface area (Å²) in [6.45, 7) is 2.76. The summed E-state index contributed by atoms with van der Waals surface area (Å²) in [7, 11) is 0. The monoisotopic (exact) mass is 438 g/mol. The van der Waals surface area contributed by atoms with E-state index in [-0.39, 0.29) is 41.8 Å². The molecule has 1 aromatic heterocycles.